The summed E-state index contributed by atoms with van der Waals surface area (Å²) >= 11 is 0. The fraction of sp³-hybridized carbons (Fsp3) is 0.263. The lowest BCUT2D eigenvalue weighted by Gasteiger charge is -2.13. The summed E-state index contributed by atoms with van der Waals surface area (Å²) in [6.45, 7) is 0.364. The molecule has 1 fully saturated rings. The molecule has 6 heteroatoms. The SMILES string of the molecule is Cl.NC(CNC(=O)c1ccc(NC(=O)C2CC2)cc1)c1ccccc1. The zero-order valence-electron chi connectivity index (χ0n) is 13.8. The number of carbonyl (C=O) groups excluding carboxylic acids is 2. The van der Waals surface area contributed by atoms with Crippen LogP contribution in [0.5, 0.6) is 0 Å². The molecule has 0 bridgehead atoms. The number of rotatable bonds is 6. The van der Waals surface area contributed by atoms with Crippen molar-refractivity contribution in [3.05, 3.63) is 65.7 Å². The van der Waals surface area contributed by atoms with Crippen molar-refractivity contribution in [3.8, 4) is 0 Å². The van der Waals surface area contributed by atoms with Gasteiger partial charge in [0.1, 0.15) is 0 Å². The average Bonchev–Trinajstić information content (AvgIpc) is 3.46. The Morgan fingerprint density at radius 1 is 1.04 bits per heavy atom. The Balaban J connectivity index is 0.00000225. The maximum absolute atomic E-state index is 12.2. The van der Waals surface area contributed by atoms with Crippen molar-refractivity contribution in [1.29, 1.82) is 0 Å². The van der Waals surface area contributed by atoms with Gasteiger partial charge >= 0.3 is 0 Å². The first-order valence-corrected chi connectivity index (χ1v) is 8.13. The Labute approximate surface area is 153 Å². The molecule has 4 N–H and O–H groups in total. The van der Waals surface area contributed by atoms with Crippen LogP contribution in [0.15, 0.2) is 54.6 Å². The monoisotopic (exact) mass is 359 g/mol. The lowest BCUT2D eigenvalue weighted by atomic mass is 10.1. The molecule has 2 aromatic carbocycles. The highest BCUT2D eigenvalue weighted by Crippen LogP contribution is 2.30. The van der Waals surface area contributed by atoms with Gasteiger partial charge in [-0.05, 0) is 42.7 Å². The number of hydrogen-bond donors (Lipinski definition) is 3. The summed E-state index contributed by atoms with van der Waals surface area (Å²) in [6, 6.07) is 16.3. The van der Waals surface area contributed by atoms with Crippen LogP contribution in [0, 0.1) is 5.92 Å². The van der Waals surface area contributed by atoms with E-state index in [-0.39, 0.29) is 36.2 Å². The van der Waals surface area contributed by atoms with Gasteiger partial charge in [0.15, 0.2) is 0 Å². The molecule has 5 nitrogen and oxygen atoms in total. The number of nitrogens with two attached hydrogens (primary N) is 1. The quantitative estimate of drug-likeness (QED) is 0.741. The van der Waals surface area contributed by atoms with E-state index in [1.807, 2.05) is 30.3 Å². The van der Waals surface area contributed by atoms with E-state index >= 15 is 0 Å². The Morgan fingerprint density at radius 3 is 2.28 bits per heavy atom. The van der Waals surface area contributed by atoms with E-state index in [4.69, 9.17) is 5.73 Å². The fourth-order valence-electron chi connectivity index (χ4n) is 2.42. The Kier molecular flexibility index (Phi) is 6.56. The number of anilines is 1. The maximum atomic E-state index is 12.2. The third-order valence-corrected chi connectivity index (χ3v) is 4.07. The van der Waals surface area contributed by atoms with E-state index in [1.54, 1.807) is 24.3 Å². The molecule has 0 aliphatic heterocycles. The average molecular weight is 360 g/mol. The second kappa shape index (κ2) is 8.65. The van der Waals surface area contributed by atoms with Gasteiger partial charge < -0.3 is 16.4 Å². The van der Waals surface area contributed by atoms with Gasteiger partial charge in [0.2, 0.25) is 5.91 Å². The Hall–Kier alpha value is -2.37. The van der Waals surface area contributed by atoms with E-state index in [9.17, 15) is 9.59 Å². The van der Waals surface area contributed by atoms with Crippen molar-refractivity contribution >= 4 is 29.9 Å². The highest BCUT2D eigenvalue weighted by atomic mass is 35.5. The zero-order chi connectivity index (χ0) is 16.9. The molecule has 0 heterocycles. The van der Waals surface area contributed by atoms with Gasteiger partial charge in [0.05, 0.1) is 0 Å². The summed E-state index contributed by atoms with van der Waals surface area (Å²) in [4.78, 5) is 23.9. The van der Waals surface area contributed by atoms with Crippen molar-refractivity contribution in [1.82, 2.24) is 5.32 Å². The van der Waals surface area contributed by atoms with Crippen LogP contribution in [0.2, 0.25) is 0 Å². The first-order valence-electron chi connectivity index (χ1n) is 8.13. The molecule has 3 rings (SSSR count). The van der Waals surface area contributed by atoms with Crippen LogP contribution in [0.4, 0.5) is 5.69 Å². The van der Waals surface area contributed by atoms with Gasteiger partial charge in [-0.3, -0.25) is 9.59 Å². The number of nitrogens with one attached hydrogen (secondary N) is 2. The second-order valence-corrected chi connectivity index (χ2v) is 6.07. The minimum Gasteiger partial charge on any atom is -0.350 e. The number of halogens is 1. The number of carbonyl (C=O) groups is 2. The topological polar surface area (TPSA) is 84.2 Å². The summed E-state index contributed by atoms with van der Waals surface area (Å²) < 4.78 is 0. The Morgan fingerprint density at radius 2 is 1.68 bits per heavy atom. The molecule has 1 aliphatic rings. The van der Waals surface area contributed by atoms with Crippen LogP contribution >= 0.6 is 12.4 Å². The van der Waals surface area contributed by atoms with E-state index < -0.39 is 0 Å². The predicted molar refractivity (Wildman–Crippen MR) is 101 cm³/mol. The smallest absolute Gasteiger partial charge is 0.251 e. The minimum absolute atomic E-state index is 0. The van der Waals surface area contributed by atoms with E-state index in [0.29, 0.717) is 17.8 Å². The van der Waals surface area contributed by atoms with Crippen LogP contribution in [-0.4, -0.2) is 18.4 Å². The molecule has 0 spiro atoms. The molecule has 2 amide bonds. The van der Waals surface area contributed by atoms with Crippen LogP contribution in [0.3, 0.4) is 0 Å². The maximum Gasteiger partial charge on any atom is 0.251 e. The molecule has 2 aromatic rings. The molecule has 0 radical (unpaired) electrons. The van der Waals surface area contributed by atoms with Gasteiger partial charge in [0, 0.05) is 29.8 Å². The minimum atomic E-state index is -0.243. The summed E-state index contributed by atoms with van der Waals surface area (Å²) in [6.07, 6.45) is 1.93. The molecule has 132 valence electrons. The third kappa shape index (κ3) is 5.31. The molecular formula is C19H22ClN3O2. The summed E-state index contributed by atoms with van der Waals surface area (Å²) in [5.74, 6) is 0.0370. The highest BCUT2D eigenvalue weighted by Gasteiger charge is 2.29. The molecule has 1 aliphatic carbocycles. The van der Waals surface area contributed by atoms with Gasteiger partial charge in [-0.1, -0.05) is 30.3 Å². The van der Waals surface area contributed by atoms with E-state index in [1.165, 1.54) is 0 Å². The molecule has 1 unspecified atom stereocenters. The van der Waals surface area contributed by atoms with Gasteiger partial charge in [-0.2, -0.15) is 0 Å². The van der Waals surface area contributed by atoms with Gasteiger partial charge in [-0.15, -0.1) is 12.4 Å². The highest BCUT2D eigenvalue weighted by molar-refractivity contribution is 5.96. The van der Waals surface area contributed by atoms with Crippen molar-refractivity contribution in [2.45, 2.75) is 18.9 Å². The molecule has 0 aromatic heterocycles. The first-order chi connectivity index (χ1) is 11.6. The summed E-state index contributed by atoms with van der Waals surface area (Å²) in [7, 11) is 0. The van der Waals surface area contributed by atoms with Crippen molar-refractivity contribution in [3.63, 3.8) is 0 Å². The van der Waals surface area contributed by atoms with E-state index in [2.05, 4.69) is 10.6 Å². The Bertz CT molecular complexity index is 715. The molecular weight excluding hydrogens is 338 g/mol. The van der Waals surface area contributed by atoms with Crippen LogP contribution in [0.25, 0.3) is 0 Å². The first kappa shape index (κ1) is 19.0. The van der Waals surface area contributed by atoms with Crippen molar-refractivity contribution in [2.75, 3.05) is 11.9 Å². The largest absolute Gasteiger partial charge is 0.350 e. The van der Waals surface area contributed by atoms with Crippen LogP contribution < -0.4 is 16.4 Å². The zero-order valence-corrected chi connectivity index (χ0v) is 14.6. The number of amides is 2. The molecule has 1 atom stereocenters. The summed E-state index contributed by atoms with van der Waals surface area (Å²) in [5.41, 5.74) is 8.31. The molecule has 1 saturated carbocycles. The molecule has 0 saturated heterocycles. The normalized spacial score (nSPS) is 14.1. The van der Waals surface area contributed by atoms with Crippen molar-refractivity contribution < 1.29 is 9.59 Å². The van der Waals surface area contributed by atoms with Gasteiger partial charge in [0.25, 0.3) is 5.91 Å². The number of hydrogen-bond acceptors (Lipinski definition) is 3. The predicted octanol–water partition coefficient (Wildman–Crippen LogP) is 2.89. The third-order valence-electron chi connectivity index (χ3n) is 4.07. The lowest BCUT2D eigenvalue weighted by Crippen LogP contribution is -2.31. The van der Waals surface area contributed by atoms with Crippen LogP contribution in [0.1, 0.15) is 34.8 Å². The fourth-order valence-corrected chi connectivity index (χ4v) is 2.42. The lowest BCUT2D eigenvalue weighted by molar-refractivity contribution is -0.117. The standard InChI is InChI=1S/C19H21N3O2.ClH/c20-17(13-4-2-1-3-5-13)12-21-18(23)14-8-10-16(11-9-14)22-19(24)15-6-7-15;/h1-5,8-11,15,17H,6-7,12,20H2,(H,21,23)(H,22,24);1H. The van der Waals surface area contributed by atoms with E-state index in [0.717, 1.165) is 18.4 Å². The van der Waals surface area contributed by atoms with Gasteiger partial charge in [-0.25, -0.2) is 0 Å². The second-order valence-electron chi connectivity index (χ2n) is 6.07. The van der Waals surface area contributed by atoms with Crippen LogP contribution in [-0.2, 0) is 4.79 Å². The molecule has 25 heavy (non-hydrogen) atoms. The van der Waals surface area contributed by atoms with Crippen molar-refractivity contribution in [2.24, 2.45) is 11.7 Å². The summed E-state index contributed by atoms with van der Waals surface area (Å²) in [5, 5.41) is 5.69. The number of benzene rings is 2.